The van der Waals surface area contributed by atoms with Crippen molar-refractivity contribution < 1.29 is 19.2 Å². The van der Waals surface area contributed by atoms with Gasteiger partial charge in [0.05, 0.1) is 24.3 Å². The molecule has 29 heavy (non-hydrogen) atoms. The highest BCUT2D eigenvalue weighted by atomic mass is 32.1. The zero-order valence-corrected chi connectivity index (χ0v) is 16.9. The van der Waals surface area contributed by atoms with Gasteiger partial charge in [-0.15, -0.1) is 11.3 Å². The number of nitro groups is 1. The van der Waals surface area contributed by atoms with Crippen molar-refractivity contribution in [3.8, 4) is 22.8 Å². The fourth-order valence-corrected chi connectivity index (χ4v) is 3.43. The second-order valence-electron chi connectivity index (χ2n) is 6.07. The average molecular weight is 413 g/mol. The van der Waals surface area contributed by atoms with Crippen molar-refractivity contribution in [2.45, 2.75) is 13.8 Å². The molecule has 0 saturated heterocycles. The van der Waals surface area contributed by atoms with Gasteiger partial charge in [0.1, 0.15) is 5.75 Å². The summed E-state index contributed by atoms with van der Waals surface area (Å²) in [7, 11) is 1.59. The van der Waals surface area contributed by atoms with E-state index in [2.05, 4.69) is 10.3 Å². The normalized spacial score (nSPS) is 10.4. The maximum atomic E-state index is 12.5. The third-order valence-corrected chi connectivity index (χ3v) is 4.83. The maximum absolute atomic E-state index is 12.5. The largest absolute Gasteiger partial charge is 0.496 e. The molecule has 0 unspecified atom stereocenters. The van der Waals surface area contributed by atoms with Crippen molar-refractivity contribution in [3.63, 3.8) is 0 Å². The molecule has 0 aliphatic heterocycles. The Hall–Kier alpha value is -3.46. The van der Waals surface area contributed by atoms with Gasteiger partial charge < -0.3 is 9.47 Å². The third kappa shape index (κ3) is 4.52. The predicted octanol–water partition coefficient (Wildman–Crippen LogP) is 4.69. The van der Waals surface area contributed by atoms with E-state index in [1.165, 1.54) is 29.5 Å². The first-order valence-electron chi connectivity index (χ1n) is 8.76. The SMILES string of the molecule is CCOc1ccc(C(=O)Nc2nc(-c3cc(C)ccc3OC)cs2)cc1[N+](=O)[O-]. The fourth-order valence-electron chi connectivity index (χ4n) is 2.72. The zero-order valence-electron chi connectivity index (χ0n) is 16.1. The van der Waals surface area contributed by atoms with Crippen molar-refractivity contribution in [1.82, 2.24) is 4.98 Å². The van der Waals surface area contributed by atoms with Gasteiger partial charge in [0.15, 0.2) is 10.9 Å². The predicted molar refractivity (Wildman–Crippen MR) is 111 cm³/mol. The molecular formula is C20H19N3O5S. The van der Waals surface area contributed by atoms with Crippen molar-refractivity contribution in [1.29, 1.82) is 0 Å². The van der Waals surface area contributed by atoms with Gasteiger partial charge in [-0.2, -0.15) is 0 Å². The molecule has 0 saturated carbocycles. The van der Waals surface area contributed by atoms with Crippen LogP contribution in [0.2, 0.25) is 0 Å². The van der Waals surface area contributed by atoms with Crippen LogP contribution < -0.4 is 14.8 Å². The minimum Gasteiger partial charge on any atom is -0.496 e. The minimum atomic E-state index is -0.576. The van der Waals surface area contributed by atoms with Crippen molar-refractivity contribution in [3.05, 3.63) is 63.0 Å². The van der Waals surface area contributed by atoms with E-state index >= 15 is 0 Å². The summed E-state index contributed by atoms with van der Waals surface area (Å²) in [5.74, 6) is 0.311. The average Bonchev–Trinajstić information content (AvgIpc) is 3.16. The van der Waals surface area contributed by atoms with Crippen molar-refractivity contribution >= 4 is 28.1 Å². The molecule has 2 aromatic carbocycles. The number of hydrogen-bond donors (Lipinski definition) is 1. The van der Waals surface area contributed by atoms with E-state index in [4.69, 9.17) is 9.47 Å². The Morgan fingerprint density at radius 3 is 2.69 bits per heavy atom. The van der Waals surface area contributed by atoms with E-state index < -0.39 is 10.8 Å². The molecule has 0 bridgehead atoms. The number of benzene rings is 2. The minimum absolute atomic E-state index is 0.122. The summed E-state index contributed by atoms with van der Waals surface area (Å²) in [4.78, 5) is 27.7. The molecule has 3 aromatic rings. The monoisotopic (exact) mass is 413 g/mol. The summed E-state index contributed by atoms with van der Waals surface area (Å²) >= 11 is 1.26. The van der Waals surface area contributed by atoms with Gasteiger partial charge in [-0.1, -0.05) is 11.6 Å². The number of thiazole rings is 1. The van der Waals surface area contributed by atoms with Crippen LogP contribution in [0.5, 0.6) is 11.5 Å². The summed E-state index contributed by atoms with van der Waals surface area (Å²) in [5, 5.41) is 16.1. The Balaban J connectivity index is 1.83. The van der Waals surface area contributed by atoms with E-state index in [0.29, 0.717) is 16.6 Å². The van der Waals surface area contributed by atoms with Crippen LogP contribution in [0.1, 0.15) is 22.8 Å². The van der Waals surface area contributed by atoms with Gasteiger partial charge >= 0.3 is 5.69 Å². The molecule has 150 valence electrons. The molecule has 1 heterocycles. The standard InChI is InChI=1S/C20H19N3O5S/c1-4-28-18-8-6-13(10-16(18)23(25)26)19(24)22-20-21-15(11-29-20)14-9-12(2)5-7-17(14)27-3/h5-11H,4H2,1-3H3,(H,21,22,24). The van der Waals surface area contributed by atoms with E-state index in [9.17, 15) is 14.9 Å². The first-order chi connectivity index (χ1) is 13.9. The Kier molecular flexibility index (Phi) is 6.08. The molecule has 8 nitrogen and oxygen atoms in total. The van der Waals surface area contributed by atoms with Gasteiger partial charge in [-0.3, -0.25) is 20.2 Å². The number of aryl methyl sites for hydroxylation is 1. The van der Waals surface area contributed by atoms with Crippen LogP contribution in [-0.4, -0.2) is 29.5 Å². The lowest BCUT2D eigenvalue weighted by Gasteiger charge is -2.07. The van der Waals surface area contributed by atoms with Gasteiger partial charge in [0.2, 0.25) is 0 Å². The summed E-state index contributed by atoms with van der Waals surface area (Å²) in [6.45, 7) is 3.99. The topological polar surface area (TPSA) is 104 Å². The number of aromatic nitrogens is 1. The lowest BCUT2D eigenvalue weighted by Crippen LogP contribution is -2.12. The number of anilines is 1. The maximum Gasteiger partial charge on any atom is 0.311 e. The Labute approximate surface area is 171 Å². The van der Waals surface area contributed by atoms with Crippen LogP contribution in [0.15, 0.2) is 41.8 Å². The Morgan fingerprint density at radius 1 is 1.24 bits per heavy atom. The smallest absolute Gasteiger partial charge is 0.311 e. The number of nitro benzene ring substituents is 1. The number of amides is 1. The van der Waals surface area contributed by atoms with Gasteiger partial charge in [0, 0.05) is 22.6 Å². The molecule has 1 N–H and O–H groups in total. The molecule has 3 rings (SSSR count). The van der Waals surface area contributed by atoms with Gasteiger partial charge in [-0.25, -0.2) is 4.98 Å². The molecule has 9 heteroatoms. The number of rotatable bonds is 7. The highest BCUT2D eigenvalue weighted by molar-refractivity contribution is 7.14. The number of carbonyl (C=O) groups excluding carboxylic acids is 1. The molecule has 0 aliphatic carbocycles. The quantitative estimate of drug-likeness (QED) is 0.445. The molecule has 0 fully saturated rings. The number of methoxy groups -OCH3 is 1. The van der Waals surface area contributed by atoms with Gasteiger partial charge in [-0.05, 0) is 38.1 Å². The number of nitrogens with zero attached hydrogens (tertiary/aromatic N) is 2. The van der Waals surface area contributed by atoms with E-state index in [-0.39, 0.29) is 23.6 Å². The van der Waals surface area contributed by atoms with Crippen LogP contribution in [0, 0.1) is 17.0 Å². The third-order valence-electron chi connectivity index (χ3n) is 4.07. The molecule has 1 amide bonds. The van der Waals surface area contributed by atoms with E-state index in [0.717, 1.165) is 11.1 Å². The molecule has 0 radical (unpaired) electrons. The number of carbonyl (C=O) groups is 1. The number of hydrogen-bond acceptors (Lipinski definition) is 7. The Morgan fingerprint density at radius 2 is 2.00 bits per heavy atom. The number of ether oxygens (including phenoxy) is 2. The Bertz CT molecular complexity index is 1060. The fraction of sp³-hybridized carbons (Fsp3) is 0.200. The zero-order chi connectivity index (χ0) is 21.0. The van der Waals surface area contributed by atoms with Crippen LogP contribution in [0.25, 0.3) is 11.3 Å². The van der Waals surface area contributed by atoms with Crippen LogP contribution in [0.4, 0.5) is 10.8 Å². The molecule has 0 atom stereocenters. The lowest BCUT2D eigenvalue weighted by molar-refractivity contribution is -0.385. The lowest BCUT2D eigenvalue weighted by atomic mass is 10.1. The van der Waals surface area contributed by atoms with E-state index in [1.54, 1.807) is 14.0 Å². The van der Waals surface area contributed by atoms with Crippen LogP contribution in [-0.2, 0) is 0 Å². The summed E-state index contributed by atoms with van der Waals surface area (Å²) in [6, 6.07) is 9.85. The summed E-state index contributed by atoms with van der Waals surface area (Å²) in [6.07, 6.45) is 0. The first kappa shape index (κ1) is 20.3. The summed E-state index contributed by atoms with van der Waals surface area (Å²) in [5.41, 5.74) is 2.43. The summed E-state index contributed by atoms with van der Waals surface area (Å²) < 4.78 is 10.6. The number of nitrogens with one attached hydrogen (secondary N) is 1. The first-order valence-corrected chi connectivity index (χ1v) is 9.64. The van der Waals surface area contributed by atoms with Crippen LogP contribution >= 0.6 is 11.3 Å². The van der Waals surface area contributed by atoms with Crippen molar-refractivity contribution in [2.24, 2.45) is 0 Å². The highest BCUT2D eigenvalue weighted by Gasteiger charge is 2.19. The van der Waals surface area contributed by atoms with Crippen LogP contribution in [0.3, 0.4) is 0 Å². The van der Waals surface area contributed by atoms with E-state index in [1.807, 2.05) is 30.5 Å². The molecular weight excluding hydrogens is 394 g/mol. The second kappa shape index (κ2) is 8.70. The van der Waals surface area contributed by atoms with Gasteiger partial charge in [0.25, 0.3) is 5.91 Å². The molecule has 1 aromatic heterocycles. The highest BCUT2D eigenvalue weighted by Crippen LogP contribution is 2.33. The second-order valence-corrected chi connectivity index (χ2v) is 6.93. The molecule has 0 aliphatic rings. The molecule has 0 spiro atoms. The van der Waals surface area contributed by atoms with Crippen molar-refractivity contribution in [2.75, 3.05) is 19.0 Å².